The summed E-state index contributed by atoms with van der Waals surface area (Å²) in [5.41, 5.74) is 1.53. The van der Waals surface area contributed by atoms with Crippen molar-refractivity contribution in [2.75, 3.05) is 27.8 Å². The van der Waals surface area contributed by atoms with Crippen molar-refractivity contribution in [3.05, 3.63) is 54.6 Å². The van der Waals surface area contributed by atoms with Crippen molar-refractivity contribution in [3.8, 4) is 5.75 Å². The van der Waals surface area contributed by atoms with Gasteiger partial charge >= 0.3 is 5.97 Å². The lowest BCUT2D eigenvalue weighted by molar-refractivity contribution is -0.198. The van der Waals surface area contributed by atoms with Gasteiger partial charge in [-0.3, -0.25) is 0 Å². The maximum Gasteiger partial charge on any atom is 0.356 e. The first-order valence-corrected chi connectivity index (χ1v) is 12.9. The fourth-order valence-corrected chi connectivity index (χ4v) is 5.04. The summed E-state index contributed by atoms with van der Waals surface area (Å²) in [5.74, 6) is -0.126. The Morgan fingerprint density at radius 1 is 1.15 bits per heavy atom. The molecule has 12 heteroatoms. The highest BCUT2D eigenvalue weighted by molar-refractivity contribution is 5.91. The van der Waals surface area contributed by atoms with E-state index in [0.29, 0.717) is 22.7 Å². The maximum atomic E-state index is 11.9. The number of benzene rings is 1. The van der Waals surface area contributed by atoms with E-state index in [1.54, 1.807) is 18.5 Å². The first kappa shape index (κ1) is 26.1. The number of methoxy groups -OCH3 is 1. The Labute approximate surface area is 230 Å². The molecule has 1 unspecified atom stereocenters. The molecule has 2 fully saturated rings. The van der Waals surface area contributed by atoms with E-state index in [1.807, 2.05) is 67.9 Å². The van der Waals surface area contributed by atoms with E-state index in [9.17, 15) is 4.79 Å². The molecule has 12 nitrogen and oxygen atoms in total. The average Bonchev–Trinajstić information content (AvgIpc) is 3.60. The van der Waals surface area contributed by atoms with Gasteiger partial charge in [-0.05, 0) is 38.1 Å². The molecule has 208 valence electrons. The minimum atomic E-state index is -0.786. The zero-order chi connectivity index (χ0) is 28.0. The fourth-order valence-electron chi connectivity index (χ4n) is 5.04. The quantitative estimate of drug-likeness (QED) is 0.193. The van der Waals surface area contributed by atoms with Crippen LogP contribution in [0.3, 0.4) is 0 Å². The fraction of sp³-hybridized carbons (Fsp3) is 0.393. The predicted molar refractivity (Wildman–Crippen MR) is 146 cm³/mol. The van der Waals surface area contributed by atoms with E-state index in [4.69, 9.17) is 23.7 Å². The number of aliphatic imine (C=N–C) groups is 1. The normalized spacial score (nSPS) is 23.6. The summed E-state index contributed by atoms with van der Waals surface area (Å²) in [5, 5.41) is 1.68. The number of hydrogen-bond donors (Lipinski definition) is 0. The van der Waals surface area contributed by atoms with Gasteiger partial charge in [0.1, 0.15) is 48.3 Å². The van der Waals surface area contributed by atoms with Crippen LogP contribution in [-0.4, -0.2) is 88.6 Å². The molecule has 2 aliphatic heterocycles. The Bertz CT molecular complexity index is 1600. The van der Waals surface area contributed by atoms with E-state index in [2.05, 4.69) is 19.9 Å². The lowest BCUT2D eigenvalue weighted by Gasteiger charge is -2.25. The summed E-state index contributed by atoms with van der Waals surface area (Å²) in [4.78, 5) is 31.5. The van der Waals surface area contributed by atoms with Crippen LogP contribution in [-0.2, 0) is 18.9 Å². The number of pyridine rings is 1. The summed E-state index contributed by atoms with van der Waals surface area (Å²) in [6.45, 7) is 3.99. The molecule has 0 amide bonds. The van der Waals surface area contributed by atoms with Gasteiger partial charge in [-0.15, -0.1) is 0 Å². The minimum absolute atomic E-state index is 0.214. The summed E-state index contributed by atoms with van der Waals surface area (Å²) in [6, 6.07) is 10.9. The van der Waals surface area contributed by atoms with Crippen LogP contribution in [0.5, 0.6) is 5.75 Å². The van der Waals surface area contributed by atoms with Crippen molar-refractivity contribution in [3.63, 3.8) is 0 Å². The van der Waals surface area contributed by atoms with Gasteiger partial charge in [-0.2, -0.15) is 0 Å². The van der Waals surface area contributed by atoms with Crippen molar-refractivity contribution < 1.29 is 28.5 Å². The number of ether oxygens (including phenoxy) is 5. The molecular formula is C28H30N6O6. The summed E-state index contributed by atoms with van der Waals surface area (Å²) < 4.78 is 31.9. The summed E-state index contributed by atoms with van der Waals surface area (Å²) >= 11 is 0. The molecule has 0 aliphatic carbocycles. The molecule has 40 heavy (non-hydrogen) atoms. The van der Waals surface area contributed by atoms with Crippen LogP contribution in [0.2, 0.25) is 0 Å². The standard InChI is InChI=1S/C28H30N6O6/c1-28(2)39-22-21(13-37-17-8-6-16-7-9-19(27(35)36-5)32-20(16)12-17)38-26(23(22)40-28)34-11-10-18-24(31-15-33(3)4)29-14-30-25(18)34/h6-12,14-15,21-23,26H,13H2,1-5H3/t21-,22-,23-,26?/m1/s1. The number of fused-ring (bicyclic) bond motifs is 3. The molecule has 1 aromatic carbocycles. The number of rotatable bonds is 7. The molecule has 0 spiro atoms. The summed E-state index contributed by atoms with van der Waals surface area (Å²) in [6.07, 6.45) is 3.42. The molecule has 0 radical (unpaired) electrons. The number of esters is 1. The molecule has 0 bridgehead atoms. The van der Waals surface area contributed by atoms with Crippen LogP contribution in [0, 0.1) is 0 Å². The third-order valence-electron chi connectivity index (χ3n) is 6.77. The number of carbonyl (C=O) groups is 1. The van der Waals surface area contributed by atoms with Gasteiger partial charge in [0.05, 0.1) is 24.4 Å². The van der Waals surface area contributed by atoms with Crippen molar-refractivity contribution in [2.45, 2.75) is 44.2 Å². The Balaban J connectivity index is 1.25. The second-order valence-electron chi connectivity index (χ2n) is 10.3. The monoisotopic (exact) mass is 546 g/mol. The van der Waals surface area contributed by atoms with Gasteiger partial charge in [0.15, 0.2) is 17.8 Å². The molecule has 2 saturated heterocycles. The molecule has 6 rings (SSSR count). The Morgan fingerprint density at radius 3 is 2.75 bits per heavy atom. The van der Waals surface area contributed by atoms with Crippen molar-refractivity contribution in [1.82, 2.24) is 24.4 Å². The second-order valence-corrected chi connectivity index (χ2v) is 10.3. The van der Waals surface area contributed by atoms with E-state index in [1.165, 1.54) is 13.4 Å². The highest BCUT2D eigenvalue weighted by Gasteiger charge is 2.56. The van der Waals surface area contributed by atoms with Gasteiger partial charge in [0, 0.05) is 31.7 Å². The first-order valence-electron chi connectivity index (χ1n) is 12.9. The largest absolute Gasteiger partial charge is 0.491 e. The van der Waals surface area contributed by atoms with E-state index < -0.39 is 24.1 Å². The second kappa shape index (κ2) is 10.1. The SMILES string of the molecule is COC(=O)c1ccc2ccc(OC[C@H]3OC(n4ccc5c(N=CN(C)C)ncnc54)[C@@H]4OC(C)(C)O[C@H]34)cc2n1. The van der Waals surface area contributed by atoms with Gasteiger partial charge in [0.25, 0.3) is 0 Å². The summed E-state index contributed by atoms with van der Waals surface area (Å²) in [7, 11) is 5.12. The highest BCUT2D eigenvalue weighted by Crippen LogP contribution is 2.44. The van der Waals surface area contributed by atoms with Crippen molar-refractivity contribution >= 4 is 40.1 Å². The zero-order valence-electron chi connectivity index (χ0n) is 22.8. The van der Waals surface area contributed by atoms with Gasteiger partial charge in [-0.1, -0.05) is 6.07 Å². The topological polar surface area (TPSA) is 122 Å². The Morgan fingerprint density at radius 2 is 1.95 bits per heavy atom. The Hall–Kier alpha value is -4.13. The smallest absolute Gasteiger partial charge is 0.356 e. The van der Waals surface area contributed by atoms with Gasteiger partial charge in [-0.25, -0.2) is 24.7 Å². The zero-order valence-corrected chi connectivity index (χ0v) is 22.8. The lowest BCUT2D eigenvalue weighted by Crippen LogP contribution is -2.33. The average molecular weight is 547 g/mol. The molecule has 5 heterocycles. The molecule has 3 aromatic heterocycles. The van der Waals surface area contributed by atoms with Gasteiger partial charge < -0.3 is 33.2 Å². The van der Waals surface area contributed by atoms with Crippen LogP contribution in [0.1, 0.15) is 30.6 Å². The number of aromatic nitrogens is 4. The molecule has 4 atom stereocenters. The molecule has 0 saturated carbocycles. The first-order chi connectivity index (χ1) is 19.2. The maximum absolute atomic E-state index is 11.9. The van der Waals surface area contributed by atoms with E-state index >= 15 is 0 Å². The number of hydrogen-bond acceptors (Lipinski definition) is 10. The van der Waals surface area contributed by atoms with Crippen LogP contribution >= 0.6 is 0 Å². The van der Waals surface area contributed by atoms with Crippen molar-refractivity contribution in [2.24, 2.45) is 4.99 Å². The molecule has 2 aliphatic rings. The number of carbonyl (C=O) groups excluding carboxylic acids is 1. The highest BCUT2D eigenvalue weighted by atomic mass is 16.8. The third-order valence-corrected chi connectivity index (χ3v) is 6.77. The van der Waals surface area contributed by atoms with Crippen LogP contribution in [0.4, 0.5) is 5.82 Å². The molecule has 4 aromatic rings. The lowest BCUT2D eigenvalue weighted by atomic mass is 10.1. The van der Waals surface area contributed by atoms with Gasteiger partial charge in [0.2, 0.25) is 0 Å². The van der Waals surface area contributed by atoms with Crippen LogP contribution in [0.25, 0.3) is 21.9 Å². The minimum Gasteiger partial charge on any atom is -0.491 e. The van der Waals surface area contributed by atoms with Crippen LogP contribution in [0.15, 0.2) is 53.9 Å². The molecule has 0 N–H and O–H groups in total. The predicted octanol–water partition coefficient (Wildman–Crippen LogP) is 3.48. The van der Waals surface area contributed by atoms with Crippen molar-refractivity contribution in [1.29, 1.82) is 0 Å². The Kier molecular flexibility index (Phi) is 6.61. The third kappa shape index (κ3) is 4.85. The van der Waals surface area contributed by atoms with Crippen LogP contribution < -0.4 is 4.74 Å². The number of nitrogens with zero attached hydrogens (tertiary/aromatic N) is 6. The van der Waals surface area contributed by atoms with E-state index in [-0.39, 0.29) is 24.5 Å². The molecular weight excluding hydrogens is 516 g/mol. The van der Waals surface area contributed by atoms with E-state index in [0.717, 1.165) is 10.8 Å².